The lowest BCUT2D eigenvalue weighted by Gasteiger charge is -2.30. The van der Waals surface area contributed by atoms with Gasteiger partial charge < -0.3 is 5.11 Å². The molecule has 0 amide bonds. The van der Waals surface area contributed by atoms with Crippen molar-refractivity contribution >= 4 is 11.3 Å². The van der Waals surface area contributed by atoms with E-state index in [9.17, 15) is 5.11 Å². The van der Waals surface area contributed by atoms with Gasteiger partial charge in [0, 0.05) is 5.38 Å². The van der Waals surface area contributed by atoms with Crippen LogP contribution in [-0.4, -0.2) is 10.1 Å². The van der Waals surface area contributed by atoms with Gasteiger partial charge in [-0.25, -0.2) is 4.98 Å². The van der Waals surface area contributed by atoms with Crippen molar-refractivity contribution in [2.24, 2.45) is 11.8 Å². The van der Waals surface area contributed by atoms with Crippen LogP contribution in [0.4, 0.5) is 0 Å². The summed E-state index contributed by atoms with van der Waals surface area (Å²) in [6, 6.07) is 0. The lowest BCUT2D eigenvalue weighted by Crippen LogP contribution is -2.20. The quantitative estimate of drug-likeness (QED) is 0.855. The Bertz CT molecular complexity index is 278. The average Bonchev–Trinajstić information content (AvgIpc) is 2.82. The van der Waals surface area contributed by atoms with Gasteiger partial charge >= 0.3 is 0 Å². The molecule has 84 valence electrons. The molecule has 1 atom stereocenters. The van der Waals surface area contributed by atoms with E-state index < -0.39 is 0 Å². The fourth-order valence-corrected chi connectivity index (χ4v) is 3.10. The Balaban J connectivity index is 1.90. The van der Waals surface area contributed by atoms with E-state index in [2.05, 4.69) is 11.9 Å². The van der Waals surface area contributed by atoms with E-state index in [1.165, 1.54) is 19.3 Å². The maximum atomic E-state index is 10.1. The Morgan fingerprint density at radius 2 is 2.20 bits per heavy atom. The van der Waals surface area contributed by atoms with Crippen molar-refractivity contribution in [1.29, 1.82) is 0 Å². The van der Waals surface area contributed by atoms with Crippen molar-refractivity contribution in [1.82, 2.24) is 4.98 Å². The monoisotopic (exact) mass is 225 g/mol. The second-order valence-electron chi connectivity index (χ2n) is 4.55. The number of aromatic nitrogens is 1. The molecule has 0 saturated heterocycles. The maximum Gasteiger partial charge on any atom is 0.0996 e. The largest absolute Gasteiger partial charge is 0.386 e. The van der Waals surface area contributed by atoms with E-state index in [-0.39, 0.29) is 6.10 Å². The van der Waals surface area contributed by atoms with E-state index in [4.69, 9.17) is 0 Å². The van der Waals surface area contributed by atoms with Crippen LogP contribution >= 0.6 is 11.3 Å². The van der Waals surface area contributed by atoms with Crippen LogP contribution in [-0.2, 0) is 0 Å². The van der Waals surface area contributed by atoms with Crippen LogP contribution < -0.4 is 0 Å². The Hall–Kier alpha value is -0.410. The molecule has 1 N–H and O–H groups in total. The average molecular weight is 225 g/mol. The van der Waals surface area contributed by atoms with Crippen molar-refractivity contribution in [3.8, 4) is 0 Å². The molecule has 0 aliphatic heterocycles. The second kappa shape index (κ2) is 5.08. The van der Waals surface area contributed by atoms with Crippen molar-refractivity contribution in [3.63, 3.8) is 0 Å². The zero-order valence-electron chi connectivity index (χ0n) is 9.22. The molecule has 0 radical (unpaired) electrons. The van der Waals surface area contributed by atoms with Gasteiger partial charge in [0.1, 0.15) is 0 Å². The standard InChI is InChI=1S/C12H19NOS/c1-2-9-3-5-10(6-4-9)12(14)11-7-15-8-13-11/h7-10,12,14H,2-6H2,1H3. The van der Waals surface area contributed by atoms with Gasteiger partial charge in [-0.15, -0.1) is 11.3 Å². The molecule has 1 unspecified atom stereocenters. The van der Waals surface area contributed by atoms with Crippen LogP contribution in [0.1, 0.15) is 50.8 Å². The summed E-state index contributed by atoms with van der Waals surface area (Å²) in [4.78, 5) is 4.20. The molecular weight excluding hydrogens is 206 g/mol. The van der Waals surface area contributed by atoms with E-state index in [1.54, 1.807) is 16.8 Å². The number of hydrogen-bond donors (Lipinski definition) is 1. The molecule has 1 fully saturated rings. The van der Waals surface area contributed by atoms with Crippen molar-refractivity contribution in [2.45, 2.75) is 45.1 Å². The van der Waals surface area contributed by atoms with Crippen molar-refractivity contribution < 1.29 is 5.11 Å². The molecule has 2 nitrogen and oxygen atoms in total. The highest BCUT2D eigenvalue weighted by molar-refractivity contribution is 7.07. The first kappa shape index (κ1) is 11.1. The van der Waals surface area contributed by atoms with E-state index in [1.807, 2.05) is 5.38 Å². The van der Waals surface area contributed by atoms with Gasteiger partial charge in [0.05, 0.1) is 17.3 Å². The maximum absolute atomic E-state index is 10.1. The Morgan fingerprint density at radius 3 is 2.73 bits per heavy atom. The third kappa shape index (κ3) is 2.58. The van der Waals surface area contributed by atoms with E-state index in [0.717, 1.165) is 24.5 Å². The van der Waals surface area contributed by atoms with Crippen LogP contribution in [0, 0.1) is 11.8 Å². The molecular formula is C12H19NOS. The fourth-order valence-electron chi connectivity index (χ4n) is 2.52. The molecule has 1 aromatic heterocycles. The summed E-state index contributed by atoms with van der Waals surface area (Å²) in [7, 11) is 0. The van der Waals surface area contributed by atoms with Gasteiger partial charge in [0.2, 0.25) is 0 Å². The predicted octanol–water partition coefficient (Wildman–Crippen LogP) is 3.39. The third-order valence-corrected chi connectivity index (χ3v) is 4.27. The highest BCUT2D eigenvalue weighted by atomic mass is 32.1. The van der Waals surface area contributed by atoms with Crippen molar-refractivity contribution in [3.05, 3.63) is 16.6 Å². The Morgan fingerprint density at radius 1 is 1.47 bits per heavy atom. The van der Waals surface area contributed by atoms with Crippen molar-refractivity contribution in [2.75, 3.05) is 0 Å². The minimum Gasteiger partial charge on any atom is -0.386 e. The lowest BCUT2D eigenvalue weighted by atomic mass is 9.78. The molecule has 1 aliphatic rings. The number of rotatable bonds is 3. The number of aliphatic hydroxyl groups excluding tert-OH is 1. The summed E-state index contributed by atoms with van der Waals surface area (Å²) in [5, 5.41) is 12.1. The fraction of sp³-hybridized carbons (Fsp3) is 0.750. The molecule has 0 bridgehead atoms. The van der Waals surface area contributed by atoms with E-state index >= 15 is 0 Å². The first-order chi connectivity index (χ1) is 7.31. The zero-order chi connectivity index (χ0) is 10.7. The molecule has 0 aromatic carbocycles. The number of hydrogen-bond acceptors (Lipinski definition) is 3. The normalized spacial score (nSPS) is 28.9. The molecule has 1 heterocycles. The SMILES string of the molecule is CCC1CCC(C(O)c2cscn2)CC1. The summed E-state index contributed by atoms with van der Waals surface area (Å²) in [5.74, 6) is 1.33. The Kier molecular flexibility index (Phi) is 3.76. The highest BCUT2D eigenvalue weighted by Gasteiger charge is 2.27. The van der Waals surface area contributed by atoms with Gasteiger partial charge in [0.25, 0.3) is 0 Å². The first-order valence-corrected chi connectivity index (χ1v) is 6.81. The third-order valence-electron chi connectivity index (χ3n) is 3.67. The van der Waals surface area contributed by atoms with Gasteiger partial charge in [-0.2, -0.15) is 0 Å². The summed E-state index contributed by atoms with van der Waals surface area (Å²) in [6.07, 6.45) is 5.85. The van der Waals surface area contributed by atoms with Gasteiger partial charge in [0.15, 0.2) is 0 Å². The summed E-state index contributed by atoms with van der Waals surface area (Å²) in [6.45, 7) is 2.27. The molecule has 15 heavy (non-hydrogen) atoms. The number of thiazole rings is 1. The first-order valence-electron chi connectivity index (χ1n) is 5.87. The lowest BCUT2D eigenvalue weighted by molar-refractivity contribution is 0.0701. The van der Waals surface area contributed by atoms with E-state index in [0.29, 0.717) is 5.92 Å². The Labute approximate surface area is 95.4 Å². The summed E-state index contributed by atoms with van der Waals surface area (Å²) < 4.78 is 0. The molecule has 3 heteroatoms. The zero-order valence-corrected chi connectivity index (χ0v) is 10.0. The minimum absolute atomic E-state index is 0.325. The van der Waals surface area contributed by atoms with Crippen LogP contribution in [0.3, 0.4) is 0 Å². The van der Waals surface area contributed by atoms with Crippen LogP contribution in [0.15, 0.2) is 10.9 Å². The molecule has 1 saturated carbocycles. The molecule has 0 spiro atoms. The van der Waals surface area contributed by atoms with Crippen LogP contribution in [0.5, 0.6) is 0 Å². The highest BCUT2D eigenvalue weighted by Crippen LogP contribution is 2.37. The van der Waals surface area contributed by atoms with Crippen LogP contribution in [0.25, 0.3) is 0 Å². The minimum atomic E-state index is -0.325. The molecule has 1 aliphatic carbocycles. The predicted molar refractivity (Wildman–Crippen MR) is 62.8 cm³/mol. The summed E-state index contributed by atoms with van der Waals surface area (Å²) >= 11 is 1.57. The van der Waals surface area contributed by atoms with Gasteiger partial charge in [-0.1, -0.05) is 26.2 Å². The topological polar surface area (TPSA) is 33.1 Å². The second-order valence-corrected chi connectivity index (χ2v) is 5.27. The van der Waals surface area contributed by atoms with Crippen LogP contribution in [0.2, 0.25) is 0 Å². The molecule has 2 rings (SSSR count). The van der Waals surface area contributed by atoms with Gasteiger partial charge in [-0.3, -0.25) is 0 Å². The summed E-state index contributed by atoms with van der Waals surface area (Å²) in [5.41, 5.74) is 2.68. The number of aliphatic hydroxyl groups is 1. The molecule has 1 aromatic rings. The van der Waals surface area contributed by atoms with Gasteiger partial charge in [-0.05, 0) is 24.7 Å². The smallest absolute Gasteiger partial charge is 0.0996 e. The number of nitrogens with zero attached hydrogens (tertiary/aromatic N) is 1.